The molecule has 1 aromatic carbocycles. The zero-order valence-corrected chi connectivity index (χ0v) is 15.2. The van der Waals surface area contributed by atoms with E-state index in [2.05, 4.69) is 20.6 Å². The van der Waals surface area contributed by atoms with Crippen molar-refractivity contribution in [3.63, 3.8) is 0 Å². The van der Waals surface area contributed by atoms with E-state index in [1.54, 1.807) is 18.6 Å². The molecule has 0 bridgehead atoms. The minimum Gasteiger partial charge on any atom is -0.336 e. The fourth-order valence-corrected chi connectivity index (χ4v) is 3.01. The Hall–Kier alpha value is -3.74. The van der Waals surface area contributed by atoms with Crippen LogP contribution < -0.4 is 10.6 Å². The number of nitrogens with zero attached hydrogens (tertiary/aromatic N) is 4. The number of benzene rings is 1. The second kappa shape index (κ2) is 8.30. The van der Waals surface area contributed by atoms with Gasteiger partial charge in [0.15, 0.2) is 5.65 Å². The summed E-state index contributed by atoms with van der Waals surface area (Å²) in [6, 6.07) is 17.2. The molecule has 0 saturated carbocycles. The Balaban J connectivity index is 1.43. The van der Waals surface area contributed by atoms with Crippen LogP contribution in [0.2, 0.25) is 0 Å². The van der Waals surface area contributed by atoms with E-state index in [4.69, 9.17) is 4.98 Å². The van der Waals surface area contributed by atoms with E-state index in [0.717, 1.165) is 28.1 Å². The molecule has 0 spiro atoms. The lowest BCUT2D eigenvalue weighted by molar-refractivity contribution is 0.240. The van der Waals surface area contributed by atoms with Gasteiger partial charge in [0.1, 0.15) is 11.3 Å². The first-order valence-electron chi connectivity index (χ1n) is 9.08. The minimum atomic E-state index is -0.202. The molecule has 140 valence electrons. The van der Waals surface area contributed by atoms with Gasteiger partial charge in [0.2, 0.25) is 0 Å². The van der Waals surface area contributed by atoms with Crippen molar-refractivity contribution < 1.29 is 4.79 Å². The molecule has 0 radical (unpaired) electrons. The third-order valence-corrected chi connectivity index (χ3v) is 4.36. The molecule has 3 heterocycles. The average molecular weight is 372 g/mol. The molecule has 0 aliphatic carbocycles. The maximum atomic E-state index is 12.1. The molecule has 0 aliphatic heterocycles. The van der Waals surface area contributed by atoms with E-state index >= 15 is 0 Å². The molecule has 7 nitrogen and oxygen atoms in total. The number of carbonyl (C=O) groups is 1. The third-order valence-electron chi connectivity index (χ3n) is 4.36. The van der Waals surface area contributed by atoms with Crippen molar-refractivity contribution in [3.05, 3.63) is 78.8 Å². The monoisotopic (exact) mass is 372 g/mol. The van der Waals surface area contributed by atoms with E-state index in [1.807, 2.05) is 59.2 Å². The van der Waals surface area contributed by atoms with Crippen LogP contribution >= 0.6 is 0 Å². The fourth-order valence-electron chi connectivity index (χ4n) is 3.01. The first kappa shape index (κ1) is 17.7. The maximum absolute atomic E-state index is 12.1. The summed E-state index contributed by atoms with van der Waals surface area (Å²) >= 11 is 0. The summed E-state index contributed by atoms with van der Waals surface area (Å²) in [6.07, 6.45) is 5.22. The van der Waals surface area contributed by atoms with Crippen molar-refractivity contribution in [2.75, 3.05) is 6.54 Å². The highest BCUT2D eigenvalue weighted by atomic mass is 16.2. The Bertz CT molecular complexity index is 1060. The van der Waals surface area contributed by atoms with Gasteiger partial charge in [0.05, 0.1) is 0 Å². The molecule has 2 N–H and O–H groups in total. The molecule has 7 heteroatoms. The number of carbonyl (C=O) groups excluding carboxylic acids is 1. The summed E-state index contributed by atoms with van der Waals surface area (Å²) < 4.78 is 2.02. The molecule has 3 aromatic heterocycles. The van der Waals surface area contributed by atoms with Crippen LogP contribution in [0.3, 0.4) is 0 Å². The summed E-state index contributed by atoms with van der Waals surface area (Å²) in [7, 11) is 0. The first-order valence-corrected chi connectivity index (χ1v) is 9.08. The SMILES string of the molecule is O=C(NCCn1c(-c2ccncc2)nc2cccnc21)NCc1ccccc1. The molecule has 2 amide bonds. The molecule has 0 saturated heterocycles. The number of rotatable bonds is 6. The van der Waals surface area contributed by atoms with E-state index in [0.29, 0.717) is 19.6 Å². The lowest BCUT2D eigenvalue weighted by Crippen LogP contribution is -2.36. The number of hydrogen-bond donors (Lipinski definition) is 2. The van der Waals surface area contributed by atoms with Crippen LogP contribution in [0.15, 0.2) is 73.2 Å². The Morgan fingerprint density at radius 2 is 1.75 bits per heavy atom. The van der Waals surface area contributed by atoms with Gasteiger partial charge in [0, 0.05) is 43.8 Å². The normalized spacial score (nSPS) is 10.7. The van der Waals surface area contributed by atoms with Crippen LogP contribution in [-0.4, -0.2) is 32.1 Å². The lowest BCUT2D eigenvalue weighted by atomic mass is 10.2. The van der Waals surface area contributed by atoms with E-state index in [-0.39, 0.29) is 6.03 Å². The van der Waals surface area contributed by atoms with Crippen LogP contribution in [-0.2, 0) is 13.1 Å². The smallest absolute Gasteiger partial charge is 0.315 e. The van der Waals surface area contributed by atoms with Gasteiger partial charge >= 0.3 is 6.03 Å². The fraction of sp³-hybridized carbons (Fsp3) is 0.143. The predicted octanol–water partition coefficient (Wildman–Crippen LogP) is 2.99. The standard InChI is InChI=1S/C21H20N6O/c28-21(25-15-16-5-2-1-3-6-16)24-13-14-27-19(17-8-11-22-12-9-17)26-18-7-4-10-23-20(18)27/h1-12H,13-15H2,(H2,24,25,28). The van der Waals surface area contributed by atoms with E-state index in [9.17, 15) is 4.79 Å². The van der Waals surface area contributed by atoms with E-state index < -0.39 is 0 Å². The van der Waals surface area contributed by atoms with Gasteiger partial charge in [0.25, 0.3) is 0 Å². The largest absolute Gasteiger partial charge is 0.336 e. The maximum Gasteiger partial charge on any atom is 0.315 e. The van der Waals surface area contributed by atoms with Crippen LogP contribution in [0.5, 0.6) is 0 Å². The zero-order chi connectivity index (χ0) is 19.2. The molecule has 28 heavy (non-hydrogen) atoms. The van der Waals surface area contributed by atoms with Crippen molar-refractivity contribution in [2.24, 2.45) is 0 Å². The summed E-state index contributed by atoms with van der Waals surface area (Å²) in [5.41, 5.74) is 3.63. The average Bonchev–Trinajstić information content (AvgIpc) is 3.12. The number of pyridine rings is 2. The van der Waals surface area contributed by atoms with Crippen LogP contribution in [0, 0.1) is 0 Å². The highest BCUT2D eigenvalue weighted by molar-refractivity contribution is 5.77. The van der Waals surface area contributed by atoms with Crippen molar-refractivity contribution in [2.45, 2.75) is 13.1 Å². The number of imidazole rings is 1. The number of fused-ring (bicyclic) bond motifs is 1. The number of aromatic nitrogens is 4. The molecule has 4 rings (SSSR count). The molecular formula is C21H20N6O. The van der Waals surface area contributed by atoms with Gasteiger partial charge in [-0.3, -0.25) is 4.98 Å². The lowest BCUT2D eigenvalue weighted by Gasteiger charge is -2.11. The summed E-state index contributed by atoms with van der Waals surface area (Å²) in [6.45, 7) is 1.51. The van der Waals surface area contributed by atoms with E-state index in [1.165, 1.54) is 0 Å². The highest BCUT2D eigenvalue weighted by Crippen LogP contribution is 2.22. The quantitative estimate of drug-likeness (QED) is 0.545. The second-order valence-electron chi connectivity index (χ2n) is 6.26. The van der Waals surface area contributed by atoms with Gasteiger partial charge in [-0.15, -0.1) is 0 Å². The Morgan fingerprint density at radius 1 is 0.929 bits per heavy atom. The summed E-state index contributed by atoms with van der Waals surface area (Å²) in [5.74, 6) is 0.808. The number of nitrogens with one attached hydrogen (secondary N) is 2. The van der Waals surface area contributed by atoms with Gasteiger partial charge < -0.3 is 15.2 Å². The van der Waals surface area contributed by atoms with Crippen molar-refractivity contribution in [3.8, 4) is 11.4 Å². The van der Waals surface area contributed by atoms with Crippen molar-refractivity contribution >= 4 is 17.2 Å². The predicted molar refractivity (Wildman–Crippen MR) is 107 cm³/mol. The molecular weight excluding hydrogens is 352 g/mol. The van der Waals surface area contributed by atoms with Gasteiger partial charge in [-0.2, -0.15) is 0 Å². The summed E-state index contributed by atoms with van der Waals surface area (Å²) in [4.78, 5) is 25.3. The van der Waals surface area contributed by atoms with Gasteiger partial charge in [-0.1, -0.05) is 30.3 Å². The van der Waals surface area contributed by atoms with Gasteiger partial charge in [-0.05, 0) is 29.8 Å². The molecule has 0 aliphatic rings. The Kier molecular flexibility index (Phi) is 5.24. The second-order valence-corrected chi connectivity index (χ2v) is 6.26. The molecule has 0 atom stereocenters. The van der Waals surface area contributed by atoms with Gasteiger partial charge in [-0.25, -0.2) is 14.8 Å². The van der Waals surface area contributed by atoms with Crippen LogP contribution in [0.4, 0.5) is 4.79 Å². The Labute approximate surface area is 162 Å². The third kappa shape index (κ3) is 3.98. The zero-order valence-electron chi connectivity index (χ0n) is 15.2. The minimum absolute atomic E-state index is 0.202. The van der Waals surface area contributed by atoms with Crippen molar-refractivity contribution in [1.82, 2.24) is 30.2 Å². The summed E-state index contributed by atoms with van der Waals surface area (Å²) in [5, 5.41) is 5.76. The highest BCUT2D eigenvalue weighted by Gasteiger charge is 2.13. The molecule has 0 fully saturated rings. The van der Waals surface area contributed by atoms with Crippen molar-refractivity contribution in [1.29, 1.82) is 0 Å². The number of urea groups is 1. The number of hydrogen-bond acceptors (Lipinski definition) is 4. The Morgan fingerprint density at radius 3 is 2.57 bits per heavy atom. The topological polar surface area (TPSA) is 84.7 Å². The van der Waals surface area contributed by atoms with Crippen LogP contribution in [0.25, 0.3) is 22.6 Å². The first-order chi connectivity index (χ1) is 13.8. The van der Waals surface area contributed by atoms with Crippen LogP contribution in [0.1, 0.15) is 5.56 Å². The molecule has 0 unspecified atom stereocenters. The molecule has 4 aromatic rings. The number of amides is 2.